The van der Waals surface area contributed by atoms with Crippen LogP contribution in [0.4, 0.5) is 0 Å². The number of benzene rings is 6. The second kappa shape index (κ2) is 21.0. The summed E-state index contributed by atoms with van der Waals surface area (Å²) in [5.74, 6) is -3.47. The highest BCUT2D eigenvalue weighted by molar-refractivity contribution is 6.30. The van der Waals surface area contributed by atoms with Gasteiger partial charge in [-0.2, -0.15) is 0 Å². The lowest BCUT2D eigenvalue weighted by molar-refractivity contribution is -0.142. The summed E-state index contributed by atoms with van der Waals surface area (Å²) in [5, 5.41) is 22.0. The van der Waals surface area contributed by atoms with E-state index in [0.29, 0.717) is 22.8 Å². The molecule has 6 aromatic carbocycles. The number of carbonyl (C=O) groups is 5. The topological polar surface area (TPSA) is 163 Å². The molecule has 0 saturated carbocycles. The highest BCUT2D eigenvalue weighted by atomic mass is 35.5. The van der Waals surface area contributed by atoms with E-state index in [1.54, 1.807) is 36.4 Å². The van der Waals surface area contributed by atoms with Crippen LogP contribution in [0.2, 0.25) is 5.02 Å². The summed E-state index contributed by atoms with van der Waals surface area (Å²) in [6.07, 6.45) is 0.580. The van der Waals surface area contributed by atoms with Crippen LogP contribution in [0, 0.1) is 0 Å². The van der Waals surface area contributed by atoms with Gasteiger partial charge in [0, 0.05) is 24.3 Å². The molecule has 2 heterocycles. The summed E-state index contributed by atoms with van der Waals surface area (Å²) < 4.78 is 5.77. The minimum Gasteiger partial charge on any atom is -0.484 e. The largest absolute Gasteiger partial charge is 0.484 e. The number of halogens is 1. The van der Waals surface area contributed by atoms with Crippen molar-refractivity contribution in [2.75, 3.05) is 6.61 Å². The van der Waals surface area contributed by atoms with E-state index in [2.05, 4.69) is 21.3 Å². The molecule has 0 spiro atoms. The zero-order chi connectivity index (χ0) is 44.1. The maximum atomic E-state index is 14.5. The van der Waals surface area contributed by atoms with E-state index in [1.165, 1.54) is 0 Å². The highest BCUT2D eigenvalue weighted by Gasteiger charge is 2.32. The normalized spacial score (nSPS) is 18.6. The molecule has 0 aromatic heterocycles. The third kappa shape index (κ3) is 12.4. The number of carboxylic acids is 1. The van der Waals surface area contributed by atoms with Gasteiger partial charge < -0.3 is 31.1 Å². The molecule has 0 radical (unpaired) electrons. The smallest absolute Gasteiger partial charge is 0.326 e. The van der Waals surface area contributed by atoms with Gasteiger partial charge in [0.05, 0.1) is 0 Å². The molecule has 12 heteroatoms. The monoisotopic (exact) mass is 862 g/mol. The standard InChI is InChI=1S/C51H47ClN4O7/c52-41-24-22-40(23-25-41)39-20-13-34(14-21-39)29-44-49(59)55-45(30-35-11-18-38(19-12-35)37-9-5-2-6-10-37)50(60)54-43(28-17-33-7-3-1-4-8-33)48(58)56-46(51(61)62)31-36-15-26-42(27-16-36)63-32-47(57)53-44/h1-16,18-27,43-46H,17,28-32H2,(H,53,57)(H,54,60)(H,55,59)(H,56,58)(H,61,62)/t43-,44-,45+,46-/m0/s1. The Morgan fingerprint density at radius 3 is 1.57 bits per heavy atom. The first kappa shape index (κ1) is 43.8. The van der Waals surface area contributed by atoms with Crippen LogP contribution in [0.25, 0.3) is 22.3 Å². The fourth-order valence-corrected chi connectivity index (χ4v) is 7.54. The second-order valence-corrected chi connectivity index (χ2v) is 15.9. The zero-order valence-electron chi connectivity index (χ0n) is 34.3. The van der Waals surface area contributed by atoms with Crippen molar-refractivity contribution in [2.24, 2.45) is 0 Å². The fraction of sp³-hybridized carbons (Fsp3) is 0.196. The molecule has 0 unspecified atom stereocenters. The lowest BCUT2D eigenvalue weighted by atomic mass is 9.98. The summed E-state index contributed by atoms with van der Waals surface area (Å²) in [6, 6.07) is 43.5. The molecule has 2 aliphatic rings. The van der Waals surface area contributed by atoms with Crippen molar-refractivity contribution < 1.29 is 33.8 Å². The predicted molar refractivity (Wildman–Crippen MR) is 242 cm³/mol. The van der Waals surface area contributed by atoms with Crippen molar-refractivity contribution in [2.45, 2.75) is 56.3 Å². The van der Waals surface area contributed by atoms with E-state index in [0.717, 1.165) is 38.9 Å². The minimum atomic E-state index is -1.33. The van der Waals surface area contributed by atoms with Crippen molar-refractivity contribution in [3.8, 4) is 28.0 Å². The molecule has 6 aromatic rings. The van der Waals surface area contributed by atoms with Crippen molar-refractivity contribution >= 4 is 41.2 Å². The predicted octanol–water partition coefficient (Wildman–Crippen LogP) is 6.75. The Bertz CT molecular complexity index is 2500. The number of aliphatic carboxylic acids is 1. The van der Waals surface area contributed by atoms with E-state index in [4.69, 9.17) is 16.3 Å². The summed E-state index contributed by atoms with van der Waals surface area (Å²) in [7, 11) is 0. The molecule has 4 atom stereocenters. The van der Waals surface area contributed by atoms with E-state index >= 15 is 0 Å². The van der Waals surface area contributed by atoms with E-state index in [-0.39, 0.29) is 25.7 Å². The Hall–Kier alpha value is -7.24. The van der Waals surface area contributed by atoms with Gasteiger partial charge in [-0.3, -0.25) is 19.2 Å². The molecule has 0 fully saturated rings. The number of rotatable bonds is 10. The Morgan fingerprint density at radius 2 is 1.02 bits per heavy atom. The molecule has 11 nitrogen and oxygen atoms in total. The number of ether oxygens (including phenoxy) is 1. The van der Waals surface area contributed by atoms with Gasteiger partial charge >= 0.3 is 5.97 Å². The minimum absolute atomic E-state index is 0.0327. The van der Waals surface area contributed by atoms with Crippen molar-refractivity contribution in [1.82, 2.24) is 21.3 Å². The van der Waals surface area contributed by atoms with E-state index in [9.17, 15) is 29.1 Å². The Labute approximate surface area is 370 Å². The number of hydrogen-bond acceptors (Lipinski definition) is 6. The lowest BCUT2D eigenvalue weighted by Crippen LogP contribution is -2.59. The first-order valence-electron chi connectivity index (χ1n) is 20.7. The zero-order valence-corrected chi connectivity index (χ0v) is 35.1. The molecule has 63 heavy (non-hydrogen) atoms. The van der Waals surface area contributed by atoms with Crippen LogP contribution >= 0.6 is 11.6 Å². The quantitative estimate of drug-likeness (QED) is 0.0952. The molecular formula is C51H47ClN4O7. The molecule has 0 saturated heterocycles. The van der Waals surface area contributed by atoms with Crippen molar-refractivity contribution in [3.05, 3.63) is 185 Å². The van der Waals surface area contributed by atoms with Gasteiger partial charge in [0.2, 0.25) is 17.7 Å². The van der Waals surface area contributed by atoms with E-state index < -0.39 is 60.4 Å². The molecule has 2 bridgehead atoms. The van der Waals surface area contributed by atoms with Gasteiger partial charge in [-0.1, -0.05) is 145 Å². The van der Waals surface area contributed by atoms with Crippen LogP contribution in [0.3, 0.4) is 0 Å². The Kier molecular flexibility index (Phi) is 14.6. The number of hydrogen-bond donors (Lipinski definition) is 5. The molecular weight excluding hydrogens is 816 g/mol. The molecule has 4 amide bonds. The second-order valence-electron chi connectivity index (χ2n) is 15.5. The molecule has 8 rings (SSSR count). The molecule has 320 valence electrons. The van der Waals surface area contributed by atoms with Gasteiger partial charge in [-0.15, -0.1) is 0 Å². The number of carboxylic acid groups (broad SMARTS) is 1. The lowest BCUT2D eigenvalue weighted by Gasteiger charge is -2.26. The summed E-state index contributed by atoms with van der Waals surface area (Å²) in [6.45, 7) is -0.423. The highest BCUT2D eigenvalue weighted by Crippen LogP contribution is 2.23. The number of carbonyl (C=O) groups excluding carboxylic acids is 4. The average molecular weight is 863 g/mol. The maximum absolute atomic E-state index is 14.5. The van der Waals surface area contributed by atoms with Gasteiger partial charge in [0.25, 0.3) is 5.91 Å². The first-order chi connectivity index (χ1) is 30.6. The van der Waals surface area contributed by atoms with Crippen LogP contribution in [0.1, 0.15) is 28.7 Å². The van der Waals surface area contributed by atoms with Gasteiger partial charge in [-0.05, 0) is 81.6 Å². The third-order valence-electron chi connectivity index (χ3n) is 10.9. The van der Waals surface area contributed by atoms with Gasteiger partial charge in [0.1, 0.15) is 29.9 Å². The van der Waals surface area contributed by atoms with E-state index in [1.807, 2.05) is 121 Å². The fourth-order valence-electron chi connectivity index (χ4n) is 7.41. The number of amides is 4. The maximum Gasteiger partial charge on any atom is 0.326 e. The molecule has 5 N–H and O–H groups in total. The summed E-state index contributed by atoms with van der Waals surface area (Å²) in [4.78, 5) is 69.1. The molecule has 0 aliphatic carbocycles. The van der Waals surface area contributed by atoms with Gasteiger partial charge in [-0.25, -0.2) is 4.79 Å². The van der Waals surface area contributed by atoms with Gasteiger partial charge in [0.15, 0.2) is 6.61 Å². The van der Waals surface area contributed by atoms with Crippen molar-refractivity contribution in [1.29, 1.82) is 0 Å². The summed E-state index contributed by atoms with van der Waals surface area (Å²) in [5.41, 5.74) is 6.82. The first-order valence-corrected chi connectivity index (χ1v) is 21.1. The Morgan fingerprint density at radius 1 is 0.540 bits per heavy atom. The Balaban J connectivity index is 1.21. The van der Waals surface area contributed by atoms with Crippen molar-refractivity contribution in [3.63, 3.8) is 0 Å². The van der Waals surface area contributed by atoms with Crippen LogP contribution in [-0.2, 0) is 49.7 Å². The van der Waals surface area contributed by atoms with Crippen LogP contribution in [0.5, 0.6) is 5.75 Å². The van der Waals surface area contributed by atoms with Crippen LogP contribution in [0.15, 0.2) is 158 Å². The number of aryl methyl sites for hydroxylation is 1. The van der Waals surface area contributed by atoms with Crippen LogP contribution < -0.4 is 26.0 Å². The average Bonchev–Trinajstić information content (AvgIpc) is 3.30. The SMILES string of the molecule is O=C1COc2ccc(cc2)C[C@@H](C(=O)O)NC(=O)[C@H](CCc2ccccc2)NC(=O)[C@@H](Cc2ccc(-c3ccccc3)cc2)NC(=O)[C@H](Cc2ccc(-c3ccc(Cl)cc3)cc2)N1. The molecule has 2 aliphatic heterocycles. The third-order valence-corrected chi connectivity index (χ3v) is 11.2. The number of nitrogens with one attached hydrogen (secondary N) is 4. The van der Waals surface area contributed by atoms with Crippen LogP contribution in [-0.4, -0.2) is 65.5 Å². The number of fused-ring (bicyclic) bond motifs is 16. The summed E-state index contributed by atoms with van der Waals surface area (Å²) >= 11 is 6.10.